The molecule has 0 aromatic carbocycles. The van der Waals surface area contributed by atoms with Crippen LogP contribution in [0.2, 0.25) is 0 Å². The molecule has 2 aromatic heterocycles. The first-order valence-corrected chi connectivity index (χ1v) is 9.34. The average Bonchev–Trinajstić information content (AvgIpc) is 3.02. The van der Waals surface area contributed by atoms with Crippen molar-refractivity contribution in [1.82, 2.24) is 20.2 Å². The summed E-state index contributed by atoms with van der Waals surface area (Å²) in [6, 6.07) is 6.12. The summed E-state index contributed by atoms with van der Waals surface area (Å²) >= 11 is 8.04. The van der Waals surface area contributed by atoms with E-state index in [1.54, 1.807) is 7.11 Å². The van der Waals surface area contributed by atoms with Crippen molar-refractivity contribution in [1.29, 1.82) is 0 Å². The number of aromatic nitrogens is 2. The fourth-order valence-corrected chi connectivity index (χ4v) is 4.46. The number of methoxy groups -OCH3 is 1. The normalized spacial score (nSPS) is 20.5. The quantitative estimate of drug-likeness (QED) is 0.535. The molecule has 0 aliphatic carbocycles. The van der Waals surface area contributed by atoms with Crippen molar-refractivity contribution in [2.75, 3.05) is 20.3 Å². The van der Waals surface area contributed by atoms with Crippen LogP contribution in [0.1, 0.15) is 34.7 Å². The lowest BCUT2D eigenvalue weighted by Crippen LogP contribution is -2.33. The van der Waals surface area contributed by atoms with Gasteiger partial charge in [-0.2, -0.15) is 0 Å². The zero-order valence-corrected chi connectivity index (χ0v) is 16.9. The molecule has 3 rings (SSSR count). The molecule has 5 nitrogen and oxygen atoms in total. The topological polar surface area (TPSA) is 53.2 Å². The molecule has 1 saturated heterocycles. The van der Waals surface area contributed by atoms with E-state index in [0.717, 1.165) is 17.4 Å². The Hall–Kier alpha value is -1.19. The molecule has 0 spiro atoms. The molecule has 2 N–H and O–H groups in total. The Morgan fingerprint density at radius 3 is 2.71 bits per heavy atom. The lowest BCUT2D eigenvalue weighted by molar-refractivity contribution is 0.164. The fourth-order valence-electron chi connectivity index (χ4n) is 3.27. The number of nitrogens with zero attached hydrogens (tertiary/aromatic N) is 2. The number of thiocarbonyl (C=S) groups is 1. The third-order valence-corrected chi connectivity index (χ3v) is 6.12. The van der Waals surface area contributed by atoms with Crippen molar-refractivity contribution in [2.45, 2.75) is 25.9 Å². The van der Waals surface area contributed by atoms with Crippen LogP contribution in [-0.4, -0.2) is 40.2 Å². The number of hydrogen-bond acceptors (Lipinski definition) is 3. The standard InChI is InChI=1S/C17H21IN4OS/c1-10-13(14(18)11(2)20-10)16-15(12-6-4-5-7-19-12)21-17(24)22(16)8-9-23-3/h4-7,15-16,20H,8-9H2,1-3H3,(H,21,24)/t15-,16+/m0/s1. The number of H-pyrrole nitrogens is 1. The summed E-state index contributed by atoms with van der Waals surface area (Å²) in [5, 5.41) is 4.22. The number of aryl methyl sites for hydroxylation is 2. The van der Waals surface area contributed by atoms with Crippen LogP contribution in [0, 0.1) is 17.4 Å². The fraction of sp³-hybridized carbons (Fsp3) is 0.412. The van der Waals surface area contributed by atoms with Gasteiger partial charge in [-0.1, -0.05) is 6.07 Å². The molecule has 0 bridgehead atoms. The van der Waals surface area contributed by atoms with Crippen LogP contribution in [0.3, 0.4) is 0 Å². The third-order valence-electron chi connectivity index (χ3n) is 4.37. The summed E-state index contributed by atoms with van der Waals surface area (Å²) < 4.78 is 6.54. The number of nitrogens with one attached hydrogen (secondary N) is 2. The summed E-state index contributed by atoms with van der Waals surface area (Å²) in [6.07, 6.45) is 1.83. The average molecular weight is 456 g/mol. The number of pyridine rings is 1. The van der Waals surface area contributed by atoms with Crippen LogP contribution in [0.25, 0.3) is 0 Å². The van der Waals surface area contributed by atoms with Gasteiger partial charge in [-0.3, -0.25) is 4.98 Å². The smallest absolute Gasteiger partial charge is 0.170 e. The Morgan fingerprint density at radius 2 is 2.12 bits per heavy atom. The maximum atomic E-state index is 5.62. The van der Waals surface area contributed by atoms with Crippen molar-refractivity contribution in [3.8, 4) is 0 Å². The summed E-state index contributed by atoms with van der Waals surface area (Å²) in [5.41, 5.74) is 4.65. The Labute approximate surface area is 161 Å². The predicted octanol–water partition coefficient (Wildman–Crippen LogP) is 3.25. The van der Waals surface area contributed by atoms with Gasteiger partial charge in [-0.15, -0.1) is 0 Å². The molecule has 3 heterocycles. The van der Waals surface area contributed by atoms with Gasteiger partial charge in [0, 0.05) is 40.4 Å². The van der Waals surface area contributed by atoms with Gasteiger partial charge < -0.3 is 19.9 Å². The predicted molar refractivity (Wildman–Crippen MR) is 107 cm³/mol. The van der Waals surface area contributed by atoms with Gasteiger partial charge in [0.25, 0.3) is 0 Å². The Morgan fingerprint density at radius 1 is 1.33 bits per heavy atom. The minimum Gasteiger partial charge on any atom is -0.383 e. The van der Waals surface area contributed by atoms with Crippen LogP contribution in [0.4, 0.5) is 0 Å². The van der Waals surface area contributed by atoms with E-state index >= 15 is 0 Å². The highest BCUT2D eigenvalue weighted by Crippen LogP contribution is 2.42. The molecule has 0 unspecified atom stereocenters. The van der Waals surface area contributed by atoms with E-state index in [2.05, 4.69) is 62.7 Å². The van der Waals surface area contributed by atoms with E-state index < -0.39 is 0 Å². The lowest BCUT2D eigenvalue weighted by Gasteiger charge is -2.28. The molecular formula is C17H21IN4OS. The summed E-state index contributed by atoms with van der Waals surface area (Å²) in [7, 11) is 1.72. The van der Waals surface area contributed by atoms with Gasteiger partial charge >= 0.3 is 0 Å². The molecule has 7 heteroatoms. The van der Waals surface area contributed by atoms with Gasteiger partial charge in [0.05, 0.1) is 24.4 Å². The van der Waals surface area contributed by atoms with Crippen LogP contribution in [-0.2, 0) is 4.74 Å². The number of aromatic amines is 1. The summed E-state index contributed by atoms with van der Waals surface area (Å²) in [6.45, 7) is 5.60. The van der Waals surface area contributed by atoms with E-state index in [1.807, 2.05) is 18.3 Å². The Bertz CT molecular complexity index is 734. The van der Waals surface area contributed by atoms with Gasteiger partial charge in [-0.05, 0) is 60.8 Å². The van der Waals surface area contributed by atoms with Crippen molar-refractivity contribution in [3.63, 3.8) is 0 Å². The van der Waals surface area contributed by atoms with Crippen LogP contribution >= 0.6 is 34.8 Å². The lowest BCUT2D eigenvalue weighted by atomic mass is 9.97. The minimum absolute atomic E-state index is 0.0259. The molecule has 0 saturated carbocycles. The van der Waals surface area contributed by atoms with Crippen molar-refractivity contribution in [2.24, 2.45) is 0 Å². The van der Waals surface area contributed by atoms with Crippen molar-refractivity contribution >= 4 is 39.9 Å². The van der Waals surface area contributed by atoms with Gasteiger partial charge in [0.2, 0.25) is 0 Å². The zero-order valence-electron chi connectivity index (χ0n) is 14.0. The first-order chi connectivity index (χ1) is 11.5. The monoisotopic (exact) mass is 456 g/mol. The van der Waals surface area contributed by atoms with Crippen molar-refractivity contribution in [3.05, 3.63) is 50.6 Å². The molecule has 0 radical (unpaired) electrons. The van der Waals surface area contributed by atoms with Gasteiger partial charge in [0.15, 0.2) is 5.11 Å². The highest BCUT2D eigenvalue weighted by Gasteiger charge is 2.41. The highest BCUT2D eigenvalue weighted by molar-refractivity contribution is 14.1. The van der Waals surface area contributed by atoms with Gasteiger partial charge in [0.1, 0.15) is 0 Å². The maximum absolute atomic E-state index is 5.62. The van der Waals surface area contributed by atoms with Crippen LogP contribution < -0.4 is 5.32 Å². The van der Waals surface area contributed by atoms with Gasteiger partial charge in [-0.25, -0.2) is 0 Å². The van der Waals surface area contributed by atoms with E-state index in [-0.39, 0.29) is 12.1 Å². The highest BCUT2D eigenvalue weighted by atomic mass is 127. The van der Waals surface area contributed by atoms with Crippen molar-refractivity contribution < 1.29 is 4.74 Å². The van der Waals surface area contributed by atoms with E-state index in [9.17, 15) is 0 Å². The van der Waals surface area contributed by atoms with E-state index in [1.165, 1.54) is 20.5 Å². The molecule has 2 atom stereocenters. The van der Waals surface area contributed by atoms with E-state index in [4.69, 9.17) is 17.0 Å². The zero-order chi connectivity index (χ0) is 17.3. The van der Waals surface area contributed by atoms with Crippen LogP contribution in [0.5, 0.6) is 0 Å². The molecule has 0 amide bonds. The maximum Gasteiger partial charge on any atom is 0.170 e. The molecule has 24 heavy (non-hydrogen) atoms. The first-order valence-electron chi connectivity index (χ1n) is 7.86. The molecular weight excluding hydrogens is 435 g/mol. The second-order valence-electron chi connectivity index (χ2n) is 5.92. The first kappa shape index (κ1) is 17.6. The molecule has 128 valence electrons. The Kier molecular flexibility index (Phi) is 5.41. The molecule has 1 fully saturated rings. The molecule has 1 aliphatic heterocycles. The van der Waals surface area contributed by atoms with E-state index in [0.29, 0.717) is 6.61 Å². The number of rotatable bonds is 5. The number of hydrogen-bond donors (Lipinski definition) is 2. The minimum atomic E-state index is 0.0259. The second kappa shape index (κ2) is 7.37. The summed E-state index contributed by atoms with van der Waals surface area (Å²) in [5.74, 6) is 0. The number of halogens is 1. The summed E-state index contributed by atoms with van der Waals surface area (Å²) in [4.78, 5) is 10.2. The Balaban J connectivity index is 2.07. The molecule has 1 aliphatic rings. The number of ether oxygens (including phenoxy) is 1. The SMILES string of the molecule is COCCN1C(=S)N[C@@H](c2ccccn2)[C@H]1c1c(C)[nH]c(C)c1I. The third kappa shape index (κ3) is 3.16. The largest absolute Gasteiger partial charge is 0.383 e. The second-order valence-corrected chi connectivity index (χ2v) is 7.38. The van der Waals surface area contributed by atoms with Crippen LogP contribution in [0.15, 0.2) is 24.4 Å². The molecule has 2 aromatic rings.